The molecule has 0 N–H and O–H groups in total. The van der Waals surface area contributed by atoms with Gasteiger partial charge in [-0.1, -0.05) is 23.2 Å². The van der Waals surface area contributed by atoms with E-state index in [1.165, 1.54) is 38.5 Å². The second-order valence-electron chi connectivity index (χ2n) is 9.89. The fourth-order valence-electron chi connectivity index (χ4n) is 6.93. The van der Waals surface area contributed by atoms with Gasteiger partial charge in [0.15, 0.2) is 0 Å². The molecule has 5 aliphatic rings. The summed E-state index contributed by atoms with van der Waals surface area (Å²) in [7, 11) is 0. The first-order valence-electron chi connectivity index (χ1n) is 10.9. The minimum absolute atomic E-state index is 0.106. The first-order valence-corrected chi connectivity index (χ1v) is 11.7. The third kappa shape index (κ3) is 3.79. The first-order chi connectivity index (χ1) is 13.9. The number of hydrogen-bond donors (Lipinski definition) is 0. The van der Waals surface area contributed by atoms with Crippen LogP contribution >= 0.6 is 23.2 Å². The molecule has 29 heavy (non-hydrogen) atoms. The average Bonchev–Trinajstić information content (AvgIpc) is 2.68. The van der Waals surface area contributed by atoms with E-state index in [0.29, 0.717) is 54.1 Å². The van der Waals surface area contributed by atoms with Crippen LogP contribution in [0.1, 0.15) is 55.3 Å². The van der Waals surface area contributed by atoms with E-state index in [0.717, 1.165) is 17.8 Å². The Labute approximate surface area is 182 Å². The molecule has 1 saturated heterocycles. The zero-order valence-electron chi connectivity index (χ0n) is 16.7. The van der Waals surface area contributed by atoms with Gasteiger partial charge in [-0.2, -0.15) is 0 Å². The molecule has 6 rings (SSSR count). The van der Waals surface area contributed by atoms with E-state index in [1.807, 2.05) is 4.90 Å². The summed E-state index contributed by atoms with van der Waals surface area (Å²) in [5, 5.41) is 0.918. The maximum Gasteiger partial charge on any atom is 0.255 e. The Morgan fingerprint density at radius 2 is 1.45 bits per heavy atom. The molecular formula is C23H28Cl2N2O2. The van der Waals surface area contributed by atoms with Crippen LogP contribution < -0.4 is 0 Å². The van der Waals surface area contributed by atoms with Gasteiger partial charge in [-0.25, -0.2) is 0 Å². The van der Waals surface area contributed by atoms with Gasteiger partial charge in [-0.15, -0.1) is 0 Å². The maximum atomic E-state index is 13.1. The maximum absolute atomic E-state index is 13.1. The fraction of sp³-hybridized carbons (Fsp3) is 0.652. The number of nitrogens with zero attached hydrogens (tertiary/aromatic N) is 2. The topological polar surface area (TPSA) is 40.6 Å². The number of carbonyl (C=O) groups excluding carboxylic acids is 2. The number of carbonyl (C=O) groups is 2. The predicted octanol–water partition coefficient (Wildman–Crippen LogP) is 4.88. The highest BCUT2D eigenvalue weighted by molar-refractivity contribution is 6.35. The lowest BCUT2D eigenvalue weighted by atomic mass is 9.49. The Hall–Kier alpha value is -1.26. The van der Waals surface area contributed by atoms with Crippen molar-refractivity contribution in [3.63, 3.8) is 0 Å². The molecule has 0 radical (unpaired) electrons. The third-order valence-corrected chi connectivity index (χ3v) is 8.33. The average molecular weight is 435 g/mol. The van der Waals surface area contributed by atoms with Crippen molar-refractivity contribution in [2.24, 2.45) is 23.2 Å². The Kier molecular flexibility index (Phi) is 5.06. The smallest absolute Gasteiger partial charge is 0.255 e. The van der Waals surface area contributed by atoms with Gasteiger partial charge in [0, 0.05) is 37.6 Å². The van der Waals surface area contributed by atoms with Crippen molar-refractivity contribution in [3.8, 4) is 0 Å². The van der Waals surface area contributed by atoms with Gasteiger partial charge in [0.25, 0.3) is 5.91 Å². The van der Waals surface area contributed by atoms with E-state index in [9.17, 15) is 9.59 Å². The summed E-state index contributed by atoms with van der Waals surface area (Å²) in [5.74, 6) is 2.79. The summed E-state index contributed by atoms with van der Waals surface area (Å²) >= 11 is 12.2. The van der Waals surface area contributed by atoms with Gasteiger partial charge in [0.05, 0.1) is 10.6 Å². The zero-order valence-corrected chi connectivity index (χ0v) is 18.2. The SMILES string of the molecule is O=C(CC12CC3CC(CC(C3)C1)C2)N1CCN(C(=O)c2cc(Cl)ccc2Cl)CC1. The quantitative estimate of drug-likeness (QED) is 0.679. The van der Waals surface area contributed by atoms with E-state index < -0.39 is 0 Å². The van der Waals surface area contributed by atoms with Crippen LogP contribution in [-0.4, -0.2) is 47.8 Å². The second-order valence-corrected chi connectivity index (χ2v) is 10.7. The second kappa shape index (κ2) is 7.46. The molecule has 1 aliphatic heterocycles. The number of benzene rings is 1. The molecule has 5 fully saturated rings. The Balaban J connectivity index is 1.19. The normalized spacial score (nSPS) is 33.2. The highest BCUT2D eigenvalue weighted by atomic mass is 35.5. The van der Waals surface area contributed by atoms with E-state index in [2.05, 4.69) is 0 Å². The molecule has 6 heteroatoms. The summed E-state index contributed by atoms with van der Waals surface area (Å²) in [6.45, 7) is 2.31. The van der Waals surface area contributed by atoms with Gasteiger partial charge >= 0.3 is 0 Å². The molecule has 1 aromatic carbocycles. The van der Waals surface area contributed by atoms with E-state index in [4.69, 9.17) is 23.2 Å². The van der Waals surface area contributed by atoms with Crippen LogP contribution in [-0.2, 0) is 4.79 Å². The van der Waals surface area contributed by atoms with Crippen LogP contribution in [0.5, 0.6) is 0 Å². The lowest BCUT2D eigenvalue weighted by Gasteiger charge is -2.57. The molecule has 4 bridgehead atoms. The highest BCUT2D eigenvalue weighted by Crippen LogP contribution is 2.61. The molecular weight excluding hydrogens is 407 g/mol. The molecule has 1 heterocycles. The van der Waals surface area contributed by atoms with Gasteiger partial charge in [0.2, 0.25) is 5.91 Å². The minimum atomic E-state index is -0.106. The van der Waals surface area contributed by atoms with Crippen LogP contribution in [0.15, 0.2) is 18.2 Å². The molecule has 2 amide bonds. The van der Waals surface area contributed by atoms with Crippen molar-refractivity contribution in [3.05, 3.63) is 33.8 Å². The van der Waals surface area contributed by atoms with Crippen molar-refractivity contribution in [1.29, 1.82) is 0 Å². The highest BCUT2D eigenvalue weighted by Gasteiger charge is 2.51. The summed E-state index contributed by atoms with van der Waals surface area (Å²) < 4.78 is 0. The summed E-state index contributed by atoms with van der Waals surface area (Å²) in [6, 6.07) is 4.96. The molecule has 0 spiro atoms. The molecule has 1 aromatic rings. The molecule has 0 atom stereocenters. The van der Waals surface area contributed by atoms with Crippen molar-refractivity contribution in [2.45, 2.75) is 44.9 Å². The molecule has 4 aliphatic carbocycles. The summed E-state index contributed by atoms with van der Waals surface area (Å²) in [4.78, 5) is 29.7. The van der Waals surface area contributed by atoms with Crippen LogP contribution in [0.3, 0.4) is 0 Å². The number of hydrogen-bond acceptors (Lipinski definition) is 2. The Morgan fingerprint density at radius 1 is 0.897 bits per heavy atom. The summed E-state index contributed by atoms with van der Waals surface area (Å²) in [6.07, 6.45) is 8.70. The minimum Gasteiger partial charge on any atom is -0.339 e. The van der Waals surface area contributed by atoms with E-state index in [1.54, 1.807) is 23.1 Å². The van der Waals surface area contributed by atoms with Crippen LogP contribution in [0.25, 0.3) is 0 Å². The van der Waals surface area contributed by atoms with Gasteiger partial charge in [-0.05, 0) is 79.9 Å². The van der Waals surface area contributed by atoms with Crippen molar-refractivity contribution in [2.75, 3.05) is 26.2 Å². The van der Waals surface area contributed by atoms with Crippen molar-refractivity contribution >= 4 is 35.0 Å². The Morgan fingerprint density at radius 3 is 2.03 bits per heavy atom. The molecule has 4 saturated carbocycles. The monoisotopic (exact) mass is 434 g/mol. The molecule has 156 valence electrons. The van der Waals surface area contributed by atoms with Crippen molar-refractivity contribution in [1.82, 2.24) is 9.80 Å². The third-order valence-electron chi connectivity index (χ3n) is 7.77. The largest absolute Gasteiger partial charge is 0.339 e. The van der Waals surface area contributed by atoms with Gasteiger partial charge in [0.1, 0.15) is 0 Å². The van der Waals surface area contributed by atoms with E-state index >= 15 is 0 Å². The van der Waals surface area contributed by atoms with Crippen LogP contribution in [0.2, 0.25) is 10.0 Å². The first kappa shape index (κ1) is 19.7. The zero-order chi connectivity index (χ0) is 20.2. The fourth-order valence-corrected chi connectivity index (χ4v) is 7.30. The lowest BCUT2D eigenvalue weighted by Crippen LogP contribution is -2.53. The number of rotatable bonds is 3. The van der Waals surface area contributed by atoms with Gasteiger partial charge < -0.3 is 9.80 Å². The van der Waals surface area contributed by atoms with Gasteiger partial charge in [-0.3, -0.25) is 9.59 Å². The van der Waals surface area contributed by atoms with Crippen molar-refractivity contribution < 1.29 is 9.59 Å². The number of amides is 2. The van der Waals surface area contributed by atoms with Crippen LogP contribution in [0.4, 0.5) is 0 Å². The van der Waals surface area contributed by atoms with Crippen LogP contribution in [0, 0.1) is 23.2 Å². The summed E-state index contributed by atoms with van der Waals surface area (Å²) in [5.41, 5.74) is 0.708. The predicted molar refractivity (Wildman–Crippen MR) is 114 cm³/mol. The van der Waals surface area contributed by atoms with E-state index in [-0.39, 0.29) is 11.3 Å². The molecule has 4 nitrogen and oxygen atoms in total. The molecule has 0 aromatic heterocycles. The molecule has 0 unspecified atom stereocenters. The number of piperazine rings is 1. The number of halogens is 2. The standard InChI is InChI=1S/C23H28Cl2N2O2/c24-18-1-2-20(25)19(10-18)22(29)27-5-3-26(4-6-27)21(28)14-23-11-15-7-16(12-23)9-17(8-15)13-23/h1-2,10,15-17H,3-9,11-14H2. The lowest BCUT2D eigenvalue weighted by molar-refractivity contribution is -0.141. The Bertz CT molecular complexity index is 797.